The van der Waals surface area contributed by atoms with Gasteiger partial charge in [-0.25, -0.2) is 0 Å². The lowest BCUT2D eigenvalue weighted by Gasteiger charge is -2.23. The first-order valence-corrected chi connectivity index (χ1v) is 6.10. The summed E-state index contributed by atoms with van der Waals surface area (Å²) in [7, 11) is 0. The Labute approximate surface area is 87.3 Å². The van der Waals surface area contributed by atoms with Crippen molar-refractivity contribution in [2.75, 3.05) is 0 Å². The van der Waals surface area contributed by atoms with Gasteiger partial charge in [-0.2, -0.15) is 0 Å². The monoisotopic (exact) mass is 200 g/mol. The summed E-state index contributed by atoms with van der Waals surface area (Å²) in [5, 5.41) is 19.0. The first kappa shape index (κ1) is 12.0. The predicted octanol–water partition coefficient (Wildman–Crippen LogP) is 2.48. The molecule has 0 spiro atoms. The van der Waals surface area contributed by atoms with Crippen molar-refractivity contribution in [2.24, 2.45) is 5.92 Å². The summed E-state index contributed by atoms with van der Waals surface area (Å²) in [5.74, 6) is 0.808. The third kappa shape index (κ3) is 3.97. The first-order chi connectivity index (χ1) is 6.74. The number of hydrogen-bond acceptors (Lipinski definition) is 2. The quantitative estimate of drug-likeness (QED) is 0.715. The van der Waals surface area contributed by atoms with E-state index in [1.807, 2.05) is 6.92 Å². The van der Waals surface area contributed by atoms with Crippen LogP contribution in [0.2, 0.25) is 0 Å². The summed E-state index contributed by atoms with van der Waals surface area (Å²) in [6, 6.07) is 0. The van der Waals surface area contributed by atoms with E-state index >= 15 is 0 Å². The lowest BCUT2D eigenvalue weighted by atomic mass is 9.85. The molecule has 2 unspecified atom stereocenters. The molecule has 2 N–H and O–H groups in total. The van der Waals surface area contributed by atoms with E-state index in [1.165, 1.54) is 32.1 Å². The smallest absolute Gasteiger partial charge is 0.0799 e. The van der Waals surface area contributed by atoms with Crippen LogP contribution in [0.25, 0.3) is 0 Å². The molecule has 0 aromatic heterocycles. The van der Waals surface area contributed by atoms with Crippen LogP contribution < -0.4 is 0 Å². The number of hydrogen-bond donors (Lipinski definition) is 2. The van der Waals surface area contributed by atoms with Gasteiger partial charge < -0.3 is 10.2 Å². The van der Waals surface area contributed by atoms with Crippen molar-refractivity contribution >= 4 is 0 Å². The molecule has 0 bridgehead atoms. The van der Waals surface area contributed by atoms with Gasteiger partial charge in [0.1, 0.15) is 0 Å². The fourth-order valence-electron chi connectivity index (χ4n) is 2.35. The average Bonchev–Trinajstić information content (AvgIpc) is 2.26. The zero-order chi connectivity index (χ0) is 10.4. The molecule has 0 radical (unpaired) electrons. The highest BCUT2D eigenvalue weighted by atomic mass is 16.3. The van der Waals surface area contributed by atoms with E-state index < -0.39 is 12.2 Å². The Morgan fingerprint density at radius 3 is 2.29 bits per heavy atom. The SMILES string of the molecule is CCC(O)C(O)CCC1CCCCC1. The molecular formula is C12H24O2. The Hall–Kier alpha value is -0.0800. The van der Waals surface area contributed by atoms with Crippen molar-refractivity contribution < 1.29 is 10.2 Å². The zero-order valence-electron chi connectivity index (χ0n) is 9.28. The van der Waals surface area contributed by atoms with Gasteiger partial charge >= 0.3 is 0 Å². The normalized spacial score (nSPS) is 23.4. The number of aliphatic hydroxyl groups excluding tert-OH is 2. The molecule has 1 saturated carbocycles. The first-order valence-electron chi connectivity index (χ1n) is 6.10. The Bertz CT molecular complexity index is 139. The molecule has 2 heteroatoms. The molecule has 2 nitrogen and oxygen atoms in total. The molecule has 2 atom stereocenters. The van der Waals surface area contributed by atoms with Crippen LogP contribution >= 0.6 is 0 Å². The van der Waals surface area contributed by atoms with Gasteiger partial charge in [-0.15, -0.1) is 0 Å². The molecule has 0 amide bonds. The molecule has 14 heavy (non-hydrogen) atoms. The van der Waals surface area contributed by atoms with Gasteiger partial charge in [-0.1, -0.05) is 39.0 Å². The fraction of sp³-hybridized carbons (Fsp3) is 1.00. The van der Waals surface area contributed by atoms with E-state index in [9.17, 15) is 10.2 Å². The van der Waals surface area contributed by atoms with Gasteiger partial charge in [0.2, 0.25) is 0 Å². The Morgan fingerprint density at radius 1 is 1.07 bits per heavy atom. The second-order valence-corrected chi connectivity index (χ2v) is 4.62. The van der Waals surface area contributed by atoms with Gasteiger partial charge in [-0.3, -0.25) is 0 Å². The number of rotatable bonds is 5. The van der Waals surface area contributed by atoms with Crippen LogP contribution in [0.15, 0.2) is 0 Å². The zero-order valence-corrected chi connectivity index (χ0v) is 9.28. The summed E-state index contributed by atoms with van der Waals surface area (Å²) in [5.41, 5.74) is 0. The highest BCUT2D eigenvalue weighted by Gasteiger charge is 2.18. The highest BCUT2D eigenvalue weighted by Crippen LogP contribution is 2.28. The van der Waals surface area contributed by atoms with Crippen molar-refractivity contribution in [1.29, 1.82) is 0 Å². The van der Waals surface area contributed by atoms with Crippen molar-refractivity contribution in [1.82, 2.24) is 0 Å². The van der Waals surface area contributed by atoms with Crippen LogP contribution in [0.4, 0.5) is 0 Å². The van der Waals surface area contributed by atoms with E-state index in [4.69, 9.17) is 0 Å². The average molecular weight is 200 g/mol. The van der Waals surface area contributed by atoms with Crippen LogP contribution in [0.5, 0.6) is 0 Å². The second-order valence-electron chi connectivity index (χ2n) is 4.62. The maximum absolute atomic E-state index is 9.60. The minimum Gasteiger partial charge on any atom is -0.390 e. The molecule has 0 heterocycles. The Balaban J connectivity index is 2.12. The van der Waals surface area contributed by atoms with E-state index in [-0.39, 0.29) is 0 Å². The topological polar surface area (TPSA) is 40.5 Å². The van der Waals surface area contributed by atoms with Crippen LogP contribution in [0.3, 0.4) is 0 Å². The third-order valence-electron chi connectivity index (χ3n) is 3.46. The third-order valence-corrected chi connectivity index (χ3v) is 3.46. The van der Waals surface area contributed by atoms with Gasteiger partial charge in [0, 0.05) is 0 Å². The Morgan fingerprint density at radius 2 is 1.71 bits per heavy atom. The van der Waals surface area contributed by atoms with E-state index in [0.717, 1.165) is 18.8 Å². The van der Waals surface area contributed by atoms with Gasteiger partial charge in [0.15, 0.2) is 0 Å². The summed E-state index contributed by atoms with van der Waals surface area (Å²) in [6.45, 7) is 1.91. The standard InChI is InChI=1S/C12H24O2/c1-2-11(13)12(14)9-8-10-6-4-3-5-7-10/h10-14H,2-9H2,1H3. The second kappa shape index (κ2) is 6.41. The molecule has 1 aliphatic carbocycles. The fourth-order valence-corrected chi connectivity index (χ4v) is 2.35. The molecule has 0 aromatic carbocycles. The van der Waals surface area contributed by atoms with Crippen molar-refractivity contribution in [3.8, 4) is 0 Å². The minimum absolute atomic E-state index is 0.498. The van der Waals surface area contributed by atoms with Crippen LogP contribution in [0.1, 0.15) is 58.3 Å². The van der Waals surface area contributed by atoms with Crippen molar-refractivity contribution in [3.05, 3.63) is 0 Å². The molecule has 84 valence electrons. The molecule has 1 fully saturated rings. The largest absolute Gasteiger partial charge is 0.390 e. The summed E-state index contributed by atoms with van der Waals surface area (Å²) >= 11 is 0. The Kier molecular flexibility index (Phi) is 5.49. The molecule has 0 aliphatic heterocycles. The van der Waals surface area contributed by atoms with E-state index in [2.05, 4.69) is 0 Å². The minimum atomic E-state index is -0.515. The molecule has 0 aromatic rings. The maximum Gasteiger partial charge on any atom is 0.0799 e. The van der Waals surface area contributed by atoms with E-state index in [1.54, 1.807) is 0 Å². The molecule has 1 aliphatic rings. The predicted molar refractivity (Wildman–Crippen MR) is 58.1 cm³/mol. The maximum atomic E-state index is 9.60. The number of aliphatic hydroxyl groups is 2. The van der Waals surface area contributed by atoms with Crippen LogP contribution in [-0.4, -0.2) is 22.4 Å². The summed E-state index contributed by atoms with van der Waals surface area (Å²) in [6.07, 6.45) is 8.28. The van der Waals surface area contributed by atoms with Crippen LogP contribution in [-0.2, 0) is 0 Å². The molecule has 1 rings (SSSR count). The highest BCUT2D eigenvalue weighted by molar-refractivity contribution is 4.71. The molecule has 0 saturated heterocycles. The van der Waals surface area contributed by atoms with Gasteiger partial charge in [0.05, 0.1) is 12.2 Å². The van der Waals surface area contributed by atoms with Crippen LogP contribution in [0, 0.1) is 5.92 Å². The van der Waals surface area contributed by atoms with E-state index in [0.29, 0.717) is 6.42 Å². The molecular weight excluding hydrogens is 176 g/mol. The van der Waals surface area contributed by atoms with Gasteiger partial charge in [-0.05, 0) is 25.2 Å². The van der Waals surface area contributed by atoms with Gasteiger partial charge in [0.25, 0.3) is 0 Å². The summed E-state index contributed by atoms with van der Waals surface area (Å²) < 4.78 is 0. The summed E-state index contributed by atoms with van der Waals surface area (Å²) in [4.78, 5) is 0. The lowest BCUT2D eigenvalue weighted by Crippen LogP contribution is -2.25. The van der Waals surface area contributed by atoms with Crippen molar-refractivity contribution in [2.45, 2.75) is 70.5 Å². The van der Waals surface area contributed by atoms with Crippen molar-refractivity contribution in [3.63, 3.8) is 0 Å². The lowest BCUT2D eigenvalue weighted by molar-refractivity contribution is 0.00837.